The van der Waals surface area contributed by atoms with Crippen molar-refractivity contribution in [3.63, 3.8) is 0 Å². The SMILES string of the molecule is COc1cc2c(cc1-c1c(C)noc1C)[nH]c1nc(C)nc(Nc3cccc(C)c3C)c12. The molecule has 2 aromatic carbocycles. The molecular formula is C25H25N5O2. The third-order valence-corrected chi connectivity index (χ3v) is 6.04. The van der Waals surface area contributed by atoms with Crippen LogP contribution in [0.5, 0.6) is 5.75 Å². The fourth-order valence-electron chi connectivity index (χ4n) is 4.27. The molecule has 0 aliphatic carbocycles. The maximum Gasteiger partial charge on any atom is 0.144 e. The van der Waals surface area contributed by atoms with Crippen molar-refractivity contribution < 1.29 is 9.26 Å². The van der Waals surface area contributed by atoms with Crippen molar-refractivity contribution in [3.05, 3.63) is 58.7 Å². The van der Waals surface area contributed by atoms with Crippen LogP contribution in [0.4, 0.5) is 11.5 Å². The molecule has 0 unspecified atom stereocenters. The second-order valence-corrected chi connectivity index (χ2v) is 8.14. The van der Waals surface area contributed by atoms with E-state index in [0.29, 0.717) is 5.82 Å². The van der Waals surface area contributed by atoms with Crippen molar-refractivity contribution in [2.75, 3.05) is 12.4 Å². The number of rotatable bonds is 4. The number of methoxy groups -OCH3 is 1. The lowest BCUT2D eigenvalue weighted by molar-refractivity contribution is 0.393. The number of hydrogen-bond acceptors (Lipinski definition) is 6. The van der Waals surface area contributed by atoms with Gasteiger partial charge in [0.25, 0.3) is 0 Å². The maximum absolute atomic E-state index is 5.78. The summed E-state index contributed by atoms with van der Waals surface area (Å²) in [6.45, 7) is 9.95. The molecule has 5 rings (SSSR count). The second kappa shape index (κ2) is 7.37. The molecule has 0 bridgehead atoms. The first-order valence-corrected chi connectivity index (χ1v) is 10.5. The fraction of sp³-hybridized carbons (Fsp3) is 0.240. The van der Waals surface area contributed by atoms with Crippen molar-refractivity contribution in [1.82, 2.24) is 20.1 Å². The van der Waals surface area contributed by atoms with Crippen LogP contribution in [-0.2, 0) is 0 Å². The Kier molecular flexibility index (Phi) is 4.62. The standard InChI is InChI=1S/C25H25N5O2/c1-12-8-7-9-19(13(12)2)28-24-23-17-11-21(31-6)18(22-14(3)30-32-15(22)4)10-20(17)29-25(23)27-16(5)26-24/h7-11H,1-6H3,(H2,26,27,28,29). The summed E-state index contributed by atoms with van der Waals surface area (Å²) in [5.74, 6) is 2.95. The third-order valence-electron chi connectivity index (χ3n) is 6.04. The number of aryl methyl sites for hydroxylation is 4. The molecule has 0 atom stereocenters. The zero-order chi connectivity index (χ0) is 22.6. The van der Waals surface area contributed by atoms with Crippen molar-refractivity contribution in [2.24, 2.45) is 0 Å². The number of hydrogen-bond donors (Lipinski definition) is 2. The Morgan fingerprint density at radius 3 is 2.56 bits per heavy atom. The summed E-state index contributed by atoms with van der Waals surface area (Å²) >= 11 is 0. The predicted molar refractivity (Wildman–Crippen MR) is 127 cm³/mol. The van der Waals surface area contributed by atoms with E-state index in [1.54, 1.807) is 7.11 Å². The van der Waals surface area contributed by atoms with E-state index in [4.69, 9.17) is 14.2 Å². The minimum atomic E-state index is 0.690. The molecule has 2 N–H and O–H groups in total. The number of anilines is 2. The van der Waals surface area contributed by atoms with Crippen LogP contribution in [0.2, 0.25) is 0 Å². The molecule has 0 saturated carbocycles. The first-order chi connectivity index (χ1) is 15.4. The van der Waals surface area contributed by atoms with E-state index in [2.05, 4.69) is 52.5 Å². The van der Waals surface area contributed by atoms with Crippen LogP contribution in [0.3, 0.4) is 0 Å². The van der Waals surface area contributed by atoms with E-state index in [9.17, 15) is 0 Å². The monoisotopic (exact) mass is 427 g/mol. The molecule has 3 aromatic heterocycles. The number of aromatic amines is 1. The number of H-pyrrole nitrogens is 1. The summed E-state index contributed by atoms with van der Waals surface area (Å²) in [6, 6.07) is 10.3. The summed E-state index contributed by atoms with van der Waals surface area (Å²) in [4.78, 5) is 12.9. The number of ether oxygens (including phenoxy) is 1. The van der Waals surface area contributed by atoms with Crippen molar-refractivity contribution in [3.8, 4) is 16.9 Å². The molecule has 0 aliphatic heterocycles. The van der Waals surface area contributed by atoms with Crippen LogP contribution in [0.1, 0.15) is 28.4 Å². The topological polar surface area (TPSA) is 88.9 Å². The highest BCUT2D eigenvalue weighted by molar-refractivity contribution is 6.13. The van der Waals surface area contributed by atoms with Gasteiger partial charge in [-0.2, -0.15) is 0 Å². The van der Waals surface area contributed by atoms with E-state index in [-0.39, 0.29) is 0 Å². The van der Waals surface area contributed by atoms with Gasteiger partial charge in [0.15, 0.2) is 0 Å². The number of fused-ring (bicyclic) bond motifs is 3. The third kappa shape index (κ3) is 3.09. The van der Waals surface area contributed by atoms with Crippen molar-refractivity contribution >= 4 is 33.4 Å². The lowest BCUT2D eigenvalue weighted by atomic mass is 10.0. The van der Waals surface area contributed by atoms with Crippen molar-refractivity contribution in [1.29, 1.82) is 0 Å². The van der Waals surface area contributed by atoms with Crippen LogP contribution < -0.4 is 10.1 Å². The molecule has 0 spiro atoms. The zero-order valence-corrected chi connectivity index (χ0v) is 19.0. The molecule has 162 valence electrons. The molecule has 0 aliphatic rings. The van der Waals surface area contributed by atoms with E-state index < -0.39 is 0 Å². The average molecular weight is 428 g/mol. The maximum atomic E-state index is 5.78. The summed E-state index contributed by atoms with van der Waals surface area (Å²) in [5.41, 5.74) is 7.85. The molecule has 7 heteroatoms. The molecule has 0 saturated heterocycles. The summed E-state index contributed by atoms with van der Waals surface area (Å²) in [6.07, 6.45) is 0. The van der Waals surface area contributed by atoms with Gasteiger partial charge in [-0.3, -0.25) is 0 Å². The number of aromatic nitrogens is 4. The molecule has 32 heavy (non-hydrogen) atoms. The van der Waals surface area contributed by atoms with Crippen molar-refractivity contribution in [2.45, 2.75) is 34.6 Å². The Balaban J connectivity index is 1.77. The van der Waals surface area contributed by atoms with Gasteiger partial charge in [-0.1, -0.05) is 17.3 Å². The molecule has 0 fully saturated rings. The lowest BCUT2D eigenvalue weighted by Gasteiger charge is -2.13. The predicted octanol–water partition coefficient (Wildman–Crippen LogP) is 6.06. The molecule has 0 amide bonds. The largest absolute Gasteiger partial charge is 0.496 e. The van der Waals surface area contributed by atoms with Gasteiger partial charge in [0, 0.05) is 22.2 Å². The number of benzene rings is 2. The Morgan fingerprint density at radius 2 is 1.84 bits per heavy atom. The Bertz CT molecular complexity index is 1480. The minimum absolute atomic E-state index is 0.690. The highest BCUT2D eigenvalue weighted by Crippen LogP contribution is 2.41. The molecule has 5 aromatic rings. The molecule has 7 nitrogen and oxygen atoms in total. The lowest BCUT2D eigenvalue weighted by Crippen LogP contribution is -2.00. The first kappa shape index (κ1) is 20.1. The Morgan fingerprint density at radius 1 is 1.03 bits per heavy atom. The van der Waals surface area contributed by atoms with Crippen LogP contribution >= 0.6 is 0 Å². The molecular weight excluding hydrogens is 402 g/mol. The number of nitrogens with zero attached hydrogens (tertiary/aromatic N) is 3. The molecule has 0 radical (unpaired) electrons. The summed E-state index contributed by atoms with van der Waals surface area (Å²) in [7, 11) is 1.67. The van der Waals surface area contributed by atoms with Gasteiger partial charge in [-0.05, 0) is 63.9 Å². The van der Waals surface area contributed by atoms with Crippen LogP contribution in [-0.4, -0.2) is 27.2 Å². The quantitative estimate of drug-likeness (QED) is 0.362. The van der Waals surface area contributed by atoms with E-state index in [0.717, 1.165) is 61.8 Å². The highest BCUT2D eigenvalue weighted by Gasteiger charge is 2.20. The van der Waals surface area contributed by atoms with E-state index in [1.807, 2.05) is 32.9 Å². The summed E-state index contributed by atoms with van der Waals surface area (Å²) in [5, 5.41) is 9.55. The number of nitrogens with one attached hydrogen (secondary N) is 2. The van der Waals surface area contributed by atoms with Crippen LogP contribution in [0, 0.1) is 34.6 Å². The normalized spacial score (nSPS) is 11.4. The van der Waals surface area contributed by atoms with Crippen LogP contribution in [0.15, 0.2) is 34.9 Å². The van der Waals surface area contributed by atoms with Gasteiger partial charge in [0.2, 0.25) is 0 Å². The van der Waals surface area contributed by atoms with Gasteiger partial charge >= 0.3 is 0 Å². The molecule has 3 heterocycles. The highest BCUT2D eigenvalue weighted by atomic mass is 16.5. The van der Waals surface area contributed by atoms with Crippen LogP contribution in [0.25, 0.3) is 33.1 Å². The Labute approximate surface area is 185 Å². The van der Waals surface area contributed by atoms with E-state index in [1.165, 1.54) is 11.1 Å². The Hall–Kier alpha value is -3.87. The first-order valence-electron chi connectivity index (χ1n) is 10.5. The van der Waals surface area contributed by atoms with Gasteiger partial charge in [0.05, 0.1) is 23.8 Å². The van der Waals surface area contributed by atoms with E-state index >= 15 is 0 Å². The zero-order valence-electron chi connectivity index (χ0n) is 19.0. The second-order valence-electron chi connectivity index (χ2n) is 8.14. The van der Waals surface area contributed by atoms with Gasteiger partial charge in [-0.25, -0.2) is 9.97 Å². The average Bonchev–Trinajstić information content (AvgIpc) is 3.28. The minimum Gasteiger partial charge on any atom is -0.496 e. The fourth-order valence-corrected chi connectivity index (χ4v) is 4.27. The van der Waals surface area contributed by atoms with Gasteiger partial charge < -0.3 is 19.6 Å². The smallest absolute Gasteiger partial charge is 0.144 e. The van der Waals surface area contributed by atoms with Gasteiger partial charge in [0.1, 0.15) is 28.8 Å². The van der Waals surface area contributed by atoms with Gasteiger partial charge in [-0.15, -0.1) is 0 Å². The summed E-state index contributed by atoms with van der Waals surface area (Å²) < 4.78 is 11.2.